The SMILES string of the molecule is CCCC1CCN(Cn2c(Cl)nc3ccc(C(F)(F)F)cc32)C1. The quantitative estimate of drug-likeness (QED) is 0.794. The van der Waals surface area contributed by atoms with E-state index in [-0.39, 0.29) is 5.28 Å². The molecule has 0 saturated carbocycles. The summed E-state index contributed by atoms with van der Waals surface area (Å²) in [5.74, 6) is 0.666. The van der Waals surface area contributed by atoms with Crippen molar-refractivity contribution in [1.82, 2.24) is 14.5 Å². The second kappa shape index (κ2) is 6.32. The molecular formula is C16H19ClF3N3. The number of benzene rings is 1. The van der Waals surface area contributed by atoms with Crippen molar-refractivity contribution in [2.24, 2.45) is 5.92 Å². The summed E-state index contributed by atoms with van der Waals surface area (Å²) in [6.45, 7) is 4.56. The summed E-state index contributed by atoms with van der Waals surface area (Å²) in [6.07, 6.45) is -0.892. The van der Waals surface area contributed by atoms with Gasteiger partial charge in [0.1, 0.15) is 0 Å². The van der Waals surface area contributed by atoms with Crippen molar-refractivity contribution in [2.75, 3.05) is 13.1 Å². The molecule has 0 spiro atoms. The highest BCUT2D eigenvalue weighted by Gasteiger charge is 2.31. The Labute approximate surface area is 138 Å². The molecule has 1 fully saturated rings. The van der Waals surface area contributed by atoms with E-state index in [1.54, 1.807) is 4.57 Å². The predicted octanol–water partition coefficient (Wildman–Crippen LogP) is 4.79. The lowest BCUT2D eigenvalue weighted by atomic mass is 10.0. The predicted molar refractivity (Wildman–Crippen MR) is 84.3 cm³/mol. The number of alkyl halides is 3. The molecule has 0 N–H and O–H groups in total. The van der Waals surface area contributed by atoms with Crippen molar-refractivity contribution in [2.45, 2.75) is 39.0 Å². The van der Waals surface area contributed by atoms with E-state index in [2.05, 4.69) is 16.8 Å². The number of fused-ring (bicyclic) bond motifs is 1. The first-order valence-electron chi connectivity index (χ1n) is 7.84. The Bertz CT molecular complexity index is 696. The number of aromatic nitrogens is 2. The van der Waals surface area contributed by atoms with Gasteiger partial charge in [0.25, 0.3) is 0 Å². The van der Waals surface area contributed by atoms with E-state index in [9.17, 15) is 13.2 Å². The van der Waals surface area contributed by atoms with Crippen LogP contribution in [0.15, 0.2) is 18.2 Å². The highest BCUT2D eigenvalue weighted by molar-refractivity contribution is 6.29. The summed E-state index contributed by atoms with van der Waals surface area (Å²) >= 11 is 6.15. The van der Waals surface area contributed by atoms with Crippen LogP contribution in [0.25, 0.3) is 11.0 Å². The van der Waals surface area contributed by atoms with E-state index in [1.165, 1.54) is 12.5 Å². The van der Waals surface area contributed by atoms with Crippen LogP contribution in [0.2, 0.25) is 5.28 Å². The van der Waals surface area contributed by atoms with Gasteiger partial charge >= 0.3 is 6.18 Å². The zero-order valence-electron chi connectivity index (χ0n) is 12.9. The Morgan fingerprint density at radius 1 is 1.35 bits per heavy atom. The van der Waals surface area contributed by atoms with Crippen molar-refractivity contribution in [3.05, 3.63) is 29.0 Å². The molecule has 7 heteroatoms. The fourth-order valence-electron chi connectivity index (χ4n) is 3.29. The first kappa shape index (κ1) is 16.6. The molecule has 1 aliphatic heterocycles. The first-order valence-corrected chi connectivity index (χ1v) is 8.21. The number of imidazole rings is 1. The van der Waals surface area contributed by atoms with Gasteiger partial charge in [-0.2, -0.15) is 13.2 Å². The fourth-order valence-corrected chi connectivity index (χ4v) is 3.52. The maximum absolute atomic E-state index is 12.9. The van der Waals surface area contributed by atoms with Crippen molar-refractivity contribution in [3.8, 4) is 0 Å². The molecule has 1 atom stereocenters. The van der Waals surface area contributed by atoms with Crippen LogP contribution in [0.4, 0.5) is 13.2 Å². The summed E-state index contributed by atoms with van der Waals surface area (Å²) in [5.41, 5.74) is 0.254. The largest absolute Gasteiger partial charge is 0.416 e. The lowest BCUT2D eigenvalue weighted by Gasteiger charge is -2.18. The number of hydrogen-bond acceptors (Lipinski definition) is 2. The Balaban J connectivity index is 1.87. The summed E-state index contributed by atoms with van der Waals surface area (Å²) in [6, 6.07) is 3.56. The van der Waals surface area contributed by atoms with E-state index in [4.69, 9.17) is 11.6 Å². The van der Waals surface area contributed by atoms with Crippen LogP contribution < -0.4 is 0 Å². The zero-order valence-corrected chi connectivity index (χ0v) is 13.7. The highest BCUT2D eigenvalue weighted by Crippen LogP contribution is 2.32. The molecular weight excluding hydrogens is 327 g/mol. The van der Waals surface area contributed by atoms with E-state index >= 15 is 0 Å². The Hall–Kier alpha value is -1.27. The van der Waals surface area contributed by atoms with Crippen molar-refractivity contribution in [3.63, 3.8) is 0 Å². The molecule has 0 radical (unpaired) electrons. The summed E-state index contributed by atoms with van der Waals surface area (Å²) in [4.78, 5) is 6.40. The molecule has 23 heavy (non-hydrogen) atoms. The molecule has 1 aliphatic rings. The smallest absolute Gasteiger partial charge is 0.301 e. The molecule has 126 valence electrons. The second-order valence-electron chi connectivity index (χ2n) is 6.17. The molecule has 1 aromatic heterocycles. The van der Waals surface area contributed by atoms with Gasteiger partial charge in [0, 0.05) is 13.1 Å². The Morgan fingerprint density at radius 3 is 2.83 bits per heavy atom. The molecule has 1 unspecified atom stereocenters. The Kier molecular flexibility index (Phi) is 4.56. The number of likely N-dealkylation sites (tertiary alicyclic amines) is 1. The van der Waals surface area contributed by atoms with Crippen LogP contribution in [0.1, 0.15) is 31.7 Å². The molecule has 1 saturated heterocycles. The molecule has 3 rings (SSSR count). The fraction of sp³-hybridized carbons (Fsp3) is 0.562. The maximum Gasteiger partial charge on any atom is 0.416 e. The molecule has 0 aliphatic carbocycles. The molecule has 0 bridgehead atoms. The van der Waals surface area contributed by atoms with Crippen molar-refractivity contribution < 1.29 is 13.2 Å². The number of halogens is 4. The van der Waals surface area contributed by atoms with Gasteiger partial charge in [-0.1, -0.05) is 13.3 Å². The average molecular weight is 346 g/mol. The highest BCUT2D eigenvalue weighted by atomic mass is 35.5. The van der Waals surface area contributed by atoms with Gasteiger partial charge < -0.3 is 4.57 Å². The third-order valence-electron chi connectivity index (χ3n) is 4.44. The lowest BCUT2D eigenvalue weighted by Crippen LogP contribution is -2.24. The summed E-state index contributed by atoms with van der Waals surface area (Å²) in [5, 5.41) is 0.235. The van der Waals surface area contributed by atoms with Gasteiger partial charge in [0.2, 0.25) is 5.28 Å². The van der Waals surface area contributed by atoms with Crippen molar-refractivity contribution in [1.29, 1.82) is 0 Å². The van der Waals surface area contributed by atoms with Crippen LogP contribution in [0, 0.1) is 5.92 Å². The van der Waals surface area contributed by atoms with Gasteiger partial charge in [-0.15, -0.1) is 0 Å². The van der Waals surface area contributed by atoms with Crippen LogP contribution >= 0.6 is 11.6 Å². The molecule has 3 nitrogen and oxygen atoms in total. The molecule has 2 heterocycles. The Morgan fingerprint density at radius 2 is 2.13 bits per heavy atom. The third-order valence-corrected chi connectivity index (χ3v) is 4.73. The first-order chi connectivity index (χ1) is 10.9. The summed E-state index contributed by atoms with van der Waals surface area (Å²) < 4.78 is 40.4. The number of hydrogen-bond donors (Lipinski definition) is 0. The molecule has 0 amide bonds. The normalized spacial score (nSPS) is 19.8. The second-order valence-corrected chi connectivity index (χ2v) is 6.51. The van der Waals surface area contributed by atoms with Crippen LogP contribution in [-0.2, 0) is 12.8 Å². The summed E-state index contributed by atoms with van der Waals surface area (Å²) in [7, 11) is 0. The van der Waals surface area contributed by atoms with E-state index in [1.807, 2.05) is 0 Å². The number of rotatable bonds is 4. The lowest BCUT2D eigenvalue weighted by molar-refractivity contribution is -0.137. The van der Waals surface area contributed by atoms with Gasteiger partial charge in [-0.25, -0.2) is 4.98 Å². The zero-order chi connectivity index (χ0) is 16.6. The van der Waals surface area contributed by atoms with Crippen LogP contribution in [0.5, 0.6) is 0 Å². The maximum atomic E-state index is 12.9. The van der Waals surface area contributed by atoms with Gasteiger partial charge in [-0.3, -0.25) is 4.90 Å². The van der Waals surface area contributed by atoms with Gasteiger partial charge in [0.05, 0.1) is 23.3 Å². The standard InChI is InChI=1S/C16H19ClF3N3/c1-2-3-11-6-7-22(9-11)10-23-14-8-12(16(18,19)20)4-5-13(14)21-15(23)17/h4-5,8,11H,2-3,6-7,9-10H2,1H3. The minimum atomic E-state index is -4.37. The van der Waals surface area contributed by atoms with Gasteiger partial charge in [-0.05, 0) is 48.6 Å². The monoisotopic (exact) mass is 345 g/mol. The van der Waals surface area contributed by atoms with Crippen LogP contribution in [0.3, 0.4) is 0 Å². The van der Waals surface area contributed by atoms with Crippen molar-refractivity contribution >= 4 is 22.6 Å². The minimum Gasteiger partial charge on any atom is -0.301 e. The average Bonchev–Trinajstić information content (AvgIpc) is 3.04. The van der Waals surface area contributed by atoms with E-state index < -0.39 is 11.7 Å². The van der Waals surface area contributed by atoms with Gasteiger partial charge in [0.15, 0.2) is 0 Å². The van der Waals surface area contributed by atoms with E-state index in [0.717, 1.165) is 38.1 Å². The minimum absolute atomic E-state index is 0.235. The molecule has 2 aromatic rings. The third kappa shape index (κ3) is 3.48. The topological polar surface area (TPSA) is 21.1 Å². The molecule has 1 aromatic carbocycles. The number of nitrogens with zero attached hydrogens (tertiary/aromatic N) is 3. The van der Waals surface area contributed by atoms with Crippen LogP contribution in [-0.4, -0.2) is 27.5 Å². The van der Waals surface area contributed by atoms with E-state index in [0.29, 0.717) is 23.6 Å².